The van der Waals surface area contributed by atoms with Gasteiger partial charge in [-0.25, -0.2) is 0 Å². The van der Waals surface area contributed by atoms with Crippen LogP contribution in [0.1, 0.15) is 26.5 Å². The average molecular weight is 428 g/mol. The Kier molecular flexibility index (Phi) is 4.59. The van der Waals surface area contributed by atoms with Crippen LogP contribution in [0.4, 0.5) is 11.4 Å². The number of amides is 2. The summed E-state index contributed by atoms with van der Waals surface area (Å²) in [7, 11) is 3.24. The Labute approximate surface area is 184 Å². The van der Waals surface area contributed by atoms with Crippen molar-refractivity contribution < 1.29 is 23.5 Å². The summed E-state index contributed by atoms with van der Waals surface area (Å²) < 4.78 is 17.0. The van der Waals surface area contributed by atoms with Gasteiger partial charge >= 0.3 is 0 Å². The zero-order valence-corrected chi connectivity index (χ0v) is 17.8. The third-order valence-electron chi connectivity index (χ3n) is 5.42. The molecule has 0 unspecified atom stereocenters. The molecule has 160 valence electrons. The Bertz CT molecular complexity index is 1390. The molecule has 7 heteroatoms. The Morgan fingerprint density at radius 3 is 2.66 bits per heavy atom. The van der Waals surface area contributed by atoms with Crippen LogP contribution in [0.25, 0.3) is 11.0 Å². The summed E-state index contributed by atoms with van der Waals surface area (Å²) in [5, 5.41) is 3.55. The van der Waals surface area contributed by atoms with Gasteiger partial charge in [0, 0.05) is 18.1 Å². The van der Waals surface area contributed by atoms with Crippen molar-refractivity contribution in [3.63, 3.8) is 0 Å². The molecule has 0 bridgehead atoms. The molecule has 0 saturated heterocycles. The summed E-state index contributed by atoms with van der Waals surface area (Å²) in [6.07, 6.45) is 0. The molecule has 0 radical (unpaired) electrons. The van der Waals surface area contributed by atoms with Crippen LogP contribution in [0.2, 0.25) is 0 Å². The van der Waals surface area contributed by atoms with Crippen LogP contribution < -0.4 is 19.7 Å². The van der Waals surface area contributed by atoms with Crippen molar-refractivity contribution in [1.29, 1.82) is 0 Å². The summed E-state index contributed by atoms with van der Waals surface area (Å²) in [5.74, 6) is 1.05. The molecule has 1 N–H and O–H groups in total. The number of hydrogen-bond donors (Lipinski definition) is 1. The van der Waals surface area contributed by atoms with Gasteiger partial charge in [-0.2, -0.15) is 0 Å². The number of fused-ring (bicyclic) bond motifs is 3. The van der Waals surface area contributed by atoms with E-state index < -0.39 is 5.91 Å². The maximum Gasteiger partial charge on any atom is 0.291 e. The van der Waals surface area contributed by atoms with Crippen LogP contribution in [0.5, 0.6) is 17.2 Å². The molecule has 1 aromatic heterocycles. The van der Waals surface area contributed by atoms with Gasteiger partial charge in [0.25, 0.3) is 11.8 Å². The first-order chi connectivity index (χ1) is 15.4. The molecule has 0 saturated carbocycles. The molecule has 1 aliphatic rings. The van der Waals surface area contributed by atoms with E-state index in [0.29, 0.717) is 39.8 Å². The number of furan rings is 1. The first kappa shape index (κ1) is 19.7. The second-order valence-electron chi connectivity index (χ2n) is 7.59. The number of methoxy groups -OCH3 is 1. The number of nitrogens with one attached hydrogen (secondary N) is 1. The number of anilines is 2. The normalized spacial score (nSPS) is 12.6. The zero-order chi connectivity index (χ0) is 22.4. The number of aryl methyl sites for hydroxylation is 1. The van der Waals surface area contributed by atoms with E-state index in [1.807, 2.05) is 37.3 Å². The standard InChI is InChI=1S/C25H20N2O5/c1-14-7-9-20-18(11-14)27(2)25(29)17-13-16(8-10-19(17)31-20)26-24(28)22-12-15-5-4-6-21(30-3)23(15)32-22/h4-13H,1-3H3,(H,26,28). The fraction of sp³-hybridized carbons (Fsp3) is 0.120. The fourth-order valence-electron chi connectivity index (χ4n) is 3.75. The van der Waals surface area contributed by atoms with Gasteiger partial charge in [0.05, 0.1) is 18.4 Å². The summed E-state index contributed by atoms with van der Waals surface area (Å²) in [4.78, 5) is 27.5. The number of nitrogens with zero attached hydrogens (tertiary/aromatic N) is 1. The van der Waals surface area contributed by atoms with Crippen molar-refractivity contribution in [2.24, 2.45) is 0 Å². The summed E-state index contributed by atoms with van der Waals surface area (Å²) in [6, 6.07) is 17.7. The highest BCUT2D eigenvalue weighted by Gasteiger charge is 2.26. The molecule has 3 aromatic carbocycles. The van der Waals surface area contributed by atoms with Crippen LogP contribution in [-0.4, -0.2) is 26.0 Å². The lowest BCUT2D eigenvalue weighted by Gasteiger charge is -2.16. The second kappa shape index (κ2) is 7.46. The van der Waals surface area contributed by atoms with Gasteiger partial charge in [0.15, 0.2) is 22.8 Å². The lowest BCUT2D eigenvalue weighted by Crippen LogP contribution is -2.25. The number of hydrogen-bond acceptors (Lipinski definition) is 5. The predicted molar refractivity (Wildman–Crippen MR) is 121 cm³/mol. The molecule has 1 aliphatic heterocycles. The van der Waals surface area contributed by atoms with Crippen molar-refractivity contribution in [3.8, 4) is 17.2 Å². The van der Waals surface area contributed by atoms with E-state index in [0.717, 1.165) is 10.9 Å². The minimum atomic E-state index is -0.433. The summed E-state index contributed by atoms with van der Waals surface area (Å²) in [5.41, 5.74) is 3.01. The third-order valence-corrected chi connectivity index (χ3v) is 5.42. The maximum atomic E-state index is 13.1. The number of para-hydroxylation sites is 1. The molecule has 5 rings (SSSR count). The molecule has 0 fully saturated rings. The number of ether oxygens (including phenoxy) is 2. The van der Waals surface area contributed by atoms with Crippen LogP contribution in [0.3, 0.4) is 0 Å². The summed E-state index contributed by atoms with van der Waals surface area (Å²) >= 11 is 0. The molecule has 2 amide bonds. The van der Waals surface area contributed by atoms with E-state index >= 15 is 0 Å². The number of carbonyl (C=O) groups excluding carboxylic acids is 2. The number of rotatable bonds is 3. The largest absolute Gasteiger partial charge is 0.493 e. The fourth-order valence-corrected chi connectivity index (χ4v) is 3.75. The average Bonchev–Trinajstić information content (AvgIpc) is 3.21. The Hall–Kier alpha value is -4.26. The maximum absolute atomic E-state index is 13.1. The molecule has 7 nitrogen and oxygen atoms in total. The molecule has 0 aliphatic carbocycles. The lowest BCUT2D eigenvalue weighted by atomic mass is 10.1. The molecular weight excluding hydrogens is 408 g/mol. The molecule has 2 heterocycles. The quantitative estimate of drug-likeness (QED) is 0.474. The Balaban J connectivity index is 1.45. The smallest absolute Gasteiger partial charge is 0.291 e. The highest BCUT2D eigenvalue weighted by molar-refractivity contribution is 6.11. The predicted octanol–water partition coefficient (Wildman–Crippen LogP) is 5.38. The zero-order valence-electron chi connectivity index (χ0n) is 17.8. The molecule has 4 aromatic rings. The van der Waals surface area contributed by atoms with Gasteiger partial charge in [0.2, 0.25) is 0 Å². The minimum Gasteiger partial charge on any atom is -0.493 e. The van der Waals surface area contributed by atoms with Crippen molar-refractivity contribution in [2.75, 3.05) is 24.4 Å². The topological polar surface area (TPSA) is 81.0 Å². The highest BCUT2D eigenvalue weighted by Crippen LogP contribution is 2.39. The second-order valence-corrected chi connectivity index (χ2v) is 7.59. The van der Waals surface area contributed by atoms with E-state index in [1.54, 1.807) is 49.4 Å². The number of carbonyl (C=O) groups is 2. The first-order valence-corrected chi connectivity index (χ1v) is 10.0. The van der Waals surface area contributed by atoms with E-state index in [1.165, 1.54) is 0 Å². The van der Waals surface area contributed by atoms with Crippen molar-refractivity contribution in [1.82, 2.24) is 0 Å². The van der Waals surface area contributed by atoms with E-state index in [4.69, 9.17) is 13.9 Å². The van der Waals surface area contributed by atoms with E-state index in [9.17, 15) is 9.59 Å². The van der Waals surface area contributed by atoms with Crippen molar-refractivity contribution in [2.45, 2.75) is 6.92 Å². The van der Waals surface area contributed by atoms with E-state index in [-0.39, 0.29) is 11.7 Å². The Morgan fingerprint density at radius 1 is 1.03 bits per heavy atom. The van der Waals surface area contributed by atoms with Gasteiger partial charge in [-0.05, 0) is 55.0 Å². The third kappa shape index (κ3) is 3.24. The van der Waals surface area contributed by atoms with Gasteiger partial charge in [-0.1, -0.05) is 18.2 Å². The SMILES string of the molecule is COc1cccc2cc(C(=O)Nc3ccc4c(c3)C(=O)N(C)c3cc(C)ccc3O4)oc12. The van der Waals surface area contributed by atoms with Crippen LogP contribution in [0, 0.1) is 6.92 Å². The van der Waals surface area contributed by atoms with Gasteiger partial charge in [-0.15, -0.1) is 0 Å². The van der Waals surface area contributed by atoms with Crippen molar-refractivity contribution >= 4 is 34.2 Å². The first-order valence-electron chi connectivity index (χ1n) is 10.0. The molecule has 0 spiro atoms. The van der Waals surface area contributed by atoms with Gasteiger partial charge < -0.3 is 24.1 Å². The molecule has 32 heavy (non-hydrogen) atoms. The number of benzene rings is 3. The van der Waals surface area contributed by atoms with Crippen molar-refractivity contribution in [3.05, 3.63) is 77.6 Å². The van der Waals surface area contributed by atoms with E-state index in [2.05, 4.69) is 5.32 Å². The van der Waals surface area contributed by atoms with Crippen LogP contribution >= 0.6 is 0 Å². The lowest BCUT2D eigenvalue weighted by molar-refractivity contribution is 0.0985. The highest BCUT2D eigenvalue weighted by atomic mass is 16.5. The van der Waals surface area contributed by atoms with Gasteiger partial charge in [0.1, 0.15) is 5.75 Å². The van der Waals surface area contributed by atoms with Gasteiger partial charge in [-0.3, -0.25) is 9.59 Å². The van der Waals surface area contributed by atoms with Crippen LogP contribution in [0.15, 0.2) is 65.1 Å². The summed E-state index contributed by atoms with van der Waals surface area (Å²) in [6.45, 7) is 1.96. The minimum absolute atomic E-state index is 0.141. The molecule has 0 atom stereocenters. The monoisotopic (exact) mass is 428 g/mol. The molecular formula is C25H20N2O5. The van der Waals surface area contributed by atoms with Crippen LogP contribution in [-0.2, 0) is 0 Å². The Morgan fingerprint density at radius 2 is 1.84 bits per heavy atom.